The molecule has 2 aromatic carbocycles. The normalized spacial score (nSPS) is 11.1. The number of aryl methyl sites for hydroxylation is 2. The molecule has 6 nitrogen and oxygen atoms in total. The molecule has 38 heavy (non-hydrogen) atoms. The lowest BCUT2D eigenvalue weighted by Crippen LogP contribution is -2.13. The van der Waals surface area contributed by atoms with Crippen molar-refractivity contribution in [2.45, 2.75) is 117 Å². The maximum Gasteiger partial charge on any atom is 0.165 e. The van der Waals surface area contributed by atoms with Crippen LogP contribution < -0.4 is 32.4 Å². The van der Waals surface area contributed by atoms with Crippen LogP contribution in [0.4, 0.5) is 22.7 Å². The average molecular weight is 527 g/mol. The minimum Gasteiger partial charge on any atom is -0.486 e. The van der Waals surface area contributed by atoms with Gasteiger partial charge in [0.1, 0.15) is 13.2 Å². The Morgan fingerprint density at radius 1 is 0.447 bits per heavy atom. The Morgan fingerprint density at radius 3 is 1.05 bits per heavy atom. The fourth-order valence-electron chi connectivity index (χ4n) is 4.96. The van der Waals surface area contributed by atoms with Gasteiger partial charge in [-0.15, -0.1) is 0 Å². The second kappa shape index (κ2) is 18.5. The fourth-order valence-corrected chi connectivity index (χ4v) is 4.96. The van der Waals surface area contributed by atoms with Crippen LogP contribution in [0.5, 0.6) is 11.5 Å². The number of unbranched alkanes of at least 4 members (excludes halogenated alkanes) is 12. The molecule has 0 aliphatic carbocycles. The third-order valence-corrected chi connectivity index (χ3v) is 7.13. The Balaban J connectivity index is 1.73. The molecular formula is C32H54N4O2. The highest BCUT2D eigenvalue weighted by atomic mass is 16.5. The van der Waals surface area contributed by atoms with Gasteiger partial charge in [-0.25, -0.2) is 0 Å². The largest absolute Gasteiger partial charge is 0.486 e. The Bertz CT molecular complexity index is 810. The summed E-state index contributed by atoms with van der Waals surface area (Å²) < 4.78 is 11.7. The van der Waals surface area contributed by atoms with Gasteiger partial charge in [0.2, 0.25) is 0 Å². The van der Waals surface area contributed by atoms with E-state index in [0.29, 0.717) is 47.5 Å². The van der Waals surface area contributed by atoms with Crippen LogP contribution in [-0.4, -0.2) is 13.2 Å². The van der Waals surface area contributed by atoms with E-state index >= 15 is 0 Å². The number of nitrogen functional groups attached to an aromatic ring is 4. The number of ether oxygens (including phenoxy) is 2. The molecule has 0 saturated carbocycles. The van der Waals surface area contributed by atoms with Gasteiger partial charge < -0.3 is 32.4 Å². The maximum absolute atomic E-state index is 6.26. The van der Waals surface area contributed by atoms with Crippen molar-refractivity contribution in [3.8, 4) is 11.5 Å². The topological polar surface area (TPSA) is 123 Å². The Hall–Kier alpha value is -2.76. The van der Waals surface area contributed by atoms with E-state index in [4.69, 9.17) is 32.4 Å². The van der Waals surface area contributed by atoms with Gasteiger partial charge in [-0.3, -0.25) is 0 Å². The second-order valence-corrected chi connectivity index (χ2v) is 10.6. The molecule has 0 atom stereocenters. The minimum atomic E-state index is 0.296. The summed E-state index contributed by atoms with van der Waals surface area (Å²) >= 11 is 0. The first kappa shape index (κ1) is 31.5. The van der Waals surface area contributed by atoms with E-state index in [2.05, 4.69) is 13.8 Å². The van der Waals surface area contributed by atoms with Gasteiger partial charge in [0, 0.05) is 0 Å². The predicted octanol–water partition coefficient (Wildman–Crippen LogP) is 8.06. The molecule has 8 N–H and O–H groups in total. The maximum atomic E-state index is 6.26. The van der Waals surface area contributed by atoms with Gasteiger partial charge in [0.15, 0.2) is 11.5 Å². The summed E-state index contributed by atoms with van der Waals surface area (Å²) in [6.07, 6.45) is 19.9. The monoisotopic (exact) mass is 526 g/mol. The third-order valence-electron chi connectivity index (χ3n) is 7.13. The first-order chi connectivity index (χ1) is 18.5. The van der Waals surface area contributed by atoms with Gasteiger partial charge in [0.25, 0.3) is 0 Å². The van der Waals surface area contributed by atoms with Crippen molar-refractivity contribution in [1.82, 2.24) is 0 Å². The average Bonchev–Trinajstić information content (AvgIpc) is 2.88. The van der Waals surface area contributed by atoms with Crippen molar-refractivity contribution in [3.63, 3.8) is 0 Å². The van der Waals surface area contributed by atoms with Gasteiger partial charge >= 0.3 is 0 Å². The molecule has 0 aromatic heterocycles. The van der Waals surface area contributed by atoms with Crippen LogP contribution in [0.2, 0.25) is 0 Å². The smallest absolute Gasteiger partial charge is 0.165 e. The molecular weight excluding hydrogens is 472 g/mol. The summed E-state index contributed by atoms with van der Waals surface area (Å²) in [4.78, 5) is 0. The van der Waals surface area contributed by atoms with Crippen LogP contribution in [0, 0.1) is 0 Å². The summed E-state index contributed by atoms with van der Waals surface area (Å²) in [6.45, 7) is 5.09. The van der Waals surface area contributed by atoms with Crippen molar-refractivity contribution in [2.75, 3.05) is 36.1 Å². The van der Waals surface area contributed by atoms with Gasteiger partial charge in [-0.2, -0.15) is 0 Å². The zero-order chi connectivity index (χ0) is 27.6. The van der Waals surface area contributed by atoms with Crippen molar-refractivity contribution in [2.24, 2.45) is 0 Å². The number of rotatable bonds is 21. The molecule has 0 saturated heterocycles. The summed E-state index contributed by atoms with van der Waals surface area (Å²) in [5.41, 5.74) is 29.6. The fraction of sp³-hybridized carbons (Fsp3) is 0.625. The number of hydrogen-bond donors (Lipinski definition) is 4. The summed E-state index contributed by atoms with van der Waals surface area (Å²) in [6, 6.07) is 7.90. The highest BCUT2D eigenvalue weighted by molar-refractivity contribution is 5.69. The van der Waals surface area contributed by atoms with Crippen LogP contribution in [0.1, 0.15) is 115 Å². The van der Waals surface area contributed by atoms with E-state index in [0.717, 1.165) is 36.8 Å². The first-order valence-electron chi connectivity index (χ1n) is 15.1. The zero-order valence-electron chi connectivity index (χ0n) is 24.2. The van der Waals surface area contributed by atoms with E-state index in [1.165, 1.54) is 77.0 Å². The molecule has 0 aliphatic rings. The molecule has 0 aliphatic heterocycles. The molecule has 0 radical (unpaired) electrons. The number of benzene rings is 2. The zero-order valence-corrected chi connectivity index (χ0v) is 24.2. The minimum absolute atomic E-state index is 0.296. The molecule has 0 fully saturated rings. The summed E-state index contributed by atoms with van der Waals surface area (Å²) in [7, 11) is 0. The highest BCUT2D eigenvalue weighted by Gasteiger charge is 2.11. The van der Waals surface area contributed by atoms with E-state index in [-0.39, 0.29) is 0 Å². The molecule has 0 amide bonds. The van der Waals surface area contributed by atoms with Crippen LogP contribution in [0.3, 0.4) is 0 Å². The predicted molar refractivity (Wildman–Crippen MR) is 165 cm³/mol. The standard InChI is InChI=1S/C32H54N4O2/c1-3-5-7-9-11-13-15-17-25-21-27(33)31(28(34)22-25)37-19-20-38-32-29(35)23-26(24-30(32)36)18-16-14-12-10-8-6-4-2/h21-24H,3-20,33-36H2,1-2H3. The van der Waals surface area contributed by atoms with Crippen LogP contribution in [-0.2, 0) is 12.8 Å². The van der Waals surface area contributed by atoms with E-state index < -0.39 is 0 Å². The van der Waals surface area contributed by atoms with Crippen LogP contribution in [0.25, 0.3) is 0 Å². The first-order valence-corrected chi connectivity index (χ1v) is 15.1. The molecule has 6 heteroatoms. The number of anilines is 4. The van der Waals surface area contributed by atoms with Gasteiger partial charge in [-0.05, 0) is 61.1 Å². The Morgan fingerprint density at radius 2 is 0.737 bits per heavy atom. The quantitative estimate of drug-likeness (QED) is 0.0963. The van der Waals surface area contributed by atoms with Gasteiger partial charge in [0.05, 0.1) is 22.7 Å². The highest BCUT2D eigenvalue weighted by Crippen LogP contribution is 2.33. The van der Waals surface area contributed by atoms with E-state index in [1.54, 1.807) is 0 Å². The van der Waals surface area contributed by atoms with Crippen molar-refractivity contribution >= 4 is 22.7 Å². The van der Waals surface area contributed by atoms with E-state index in [1.807, 2.05) is 24.3 Å². The molecule has 2 aromatic rings. The summed E-state index contributed by atoms with van der Waals surface area (Å²) in [5.74, 6) is 1.03. The Labute approximate surface area is 231 Å². The van der Waals surface area contributed by atoms with Crippen molar-refractivity contribution in [1.29, 1.82) is 0 Å². The molecule has 0 bridgehead atoms. The third kappa shape index (κ3) is 11.7. The molecule has 0 spiro atoms. The number of nitrogens with two attached hydrogens (primary N) is 4. The lowest BCUT2D eigenvalue weighted by atomic mass is 10.0. The molecule has 214 valence electrons. The van der Waals surface area contributed by atoms with Crippen LogP contribution >= 0.6 is 0 Å². The van der Waals surface area contributed by atoms with Crippen molar-refractivity contribution < 1.29 is 9.47 Å². The molecule has 2 rings (SSSR count). The van der Waals surface area contributed by atoms with Gasteiger partial charge in [-0.1, -0.05) is 90.9 Å². The lowest BCUT2D eigenvalue weighted by molar-refractivity contribution is 0.220. The SMILES string of the molecule is CCCCCCCCCc1cc(N)c(OCCOc2c(N)cc(CCCCCCCCC)cc2N)c(N)c1. The second-order valence-electron chi connectivity index (χ2n) is 10.6. The molecule has 0 heterocycles. The van der Waals surface area contributed by atoms with Crippen LogP contribution in [0.15, 0.2) is 24.3 Å². The lowest BCUT2D eigenvalue weighted by Gasteiger charge is -2.16. The van der Waals surface area contributed by atoms with E-state index in [9.17, 15) is 0 Å². The molecule has 0 unspecified atom stereocenters. The summed E-state index contributed by atoms with van der Waals surface area (Å²) in [5, 5.41) is 0. The Kier molecular flexibility index (Phi) is 15.3. The number of hydrogen-bond acceptors (Lipinski definition) is 6. The van der Waals surface area contributed by atoms with Crippen molar-refractivity contribution in [3.05, 3.63) is 35.4 Å².